The summed E-state index contributed by atoms with van der Waals surface area (Å²) in [6, 6.07) is 8.66. The molecule has 170 valence electrons. The van der Waals surface area contributed by atoms with E-state index < -0.39 is 11.4 Å². The van der Waals surface area contributed by atoms with Gasteiger partial charge in [-0.25, -0.2) is 4.39 Å². The molecule has 0 saturated carbocycles. The molecule has 0 aliphatic carbocycles. The first-order valence-electron chi connectivity index (χ1n) is 10.4. The average Bonchev–Trinajstić information content (AvgIpc) is 3.23. The molecule has 0 spiro atoms. The van der Waals surface area contributed by atoms with Crippen molar-refractivity contribution in [3.8, 4) is 0 Å². The van der Waals surface area contributed by atoms with Gasteiger partial charge in [-0.2, -0.15) is 0 Å². The van der Waals surface area contributed by atoms with Gasteiger partial charge in [-0.1, -0.05) is 12.1 Å². The topological polar surface area (TPSA) is 65.5 Å². The predicted octanol–water partition coefficient (Wildman–Crippen LogP) is 3.65. The Morgan fingerprint density at radius 3 is 2.61 bits per heavy atom. The monoisotopic (exact) mass is 469 g/mol. The lowest BCUT2D eigenvalue weighted by atomic mass is 9.87. The van der Waals surface area contributed by atoms with Crippen LogP contribution in [0.4, 0.5) is 4.39 Å². The number of hydrogen-bond donors (Lipinski definition) is 2. The molecule has 0 radical (unpaired) electrons. The Labute approximate surface area is 195 Å². The van der Waals surface area contributed by atoms with E-state index in [-0.39, 0.29) is 36.3 Å². The van der Waals surface area contributed by atoms with Crippen LogP contribution in [0.5, 0.6) is 0 Å². The zero-order valence-electron chi connectivity index (χ0n) is 17.6. The maximum atomic E-state index is 14.4. The number of aromatic nitrogens is 1. The summed E-state index contributed by atoms with van der Waals surface area (Å²) in [5, 5.41) is 14.3. The normalized spacial score (nSPS) is 20.0. The summed E-state index contributed by atoms with van der Waals surface area (Å²) < 4.78 is 14.4. The van der Waals surface area contributed by atoms with Crippen molar-refractivity contribution in [1.29, 1.82) is 0 Å². The van der Waals surface area contributed by atoms with E-state index in [9.17, 15) is 14.3 Å². The van der Waals surface area contributed by atoms with Crippen LogP contribution >= 0.6 is 24.8 Å². The molecule has 1 atom stereocenters. The van der Waals surface area contributed by atoms with Crippen molar-refractivity contribution in [3.05, 3.63) is 64.7 Å². The van der Waals surface area contributed by atoms with Gasteiger partial charge in [0.15, 0.2) is 0 Å². The molecule has 8 heteroatoms. The van der Waals surface area contributed by atoms with Crippen LogP contribution in [0.1, 0.15) is 46.4 Å². The van der Waals surface area contributed by atoms with E-state index in [0.29, 0.717) is 37.5 Å². The van der Waals surface area contributed by atoms with Crippen LogP contribution in [0, 0.1) is 18.7 Å². The number of rotatable bonds is 4. The number of carbonyl (C=O) groups excluding carboxylic acids is 1. The highest BCUT2D eigenvalue weighted by Gasteiger charge is 2.37. The fourth-order valence-corrected chi connectivity index (χ4v) is 4.33. The summed E-state index contributed by atoms with van der Waals surface area (Å²) in [5.41, 5.74) is 1.76. The molecule has 1 unspecified atom stereocenters. The summed E-state index contributed by atoms with van der Waals surface area (Å²) in [6.07, 6.45) is 4.49. The number of nitrogens with zero attached hydrogens (tertiary/aromatic N) is 2. The molecule has 2 saturated heterocycles. The highest BCUT2D eigenvalue weighted by Crippen LogP contribution is 2.32. The number of likely N-dealkylation sites (tertiary alicyclic amines) is 1. The number of benzene rings is 1. The SMILES string of the molecule is Cc1ccc(C2(O)CCN(C(=O)c3cc(CC4CCNC4)ccc3F)CC2)nc1.Cl.Cl. The van der Waals surface area contributed by atoms with Crippen molar-refractivity contribution >= 4 is 30.7 Å². The van der Waals surface area contributed by atoms with Gasteiger partial charge in [0.25, 0.3) is 5.91 Å². The highest BCUT2D eigenvalue weighted by molar-refractivity contribution is 5.94. The Morgan fingerprint density at radius 1 is 1.26 bits per heavy atom. The number of aryl methyl sites for hydroxylation is 1. The standard InChI is InChI=1S/C23H28FN3O2.2ClH/c1-16-2-5-21(26-14-16)23(29)7-10-27(11-8-23)22(28)19-13-17(3-4-20(19)24)12-18-6-9-25-15-18;;/h2-5,13-14,18,25,29H,6-12,15H2,1H3;2*1H. The number of nitrogens with one attached hydrogen (secondary N) is 1. The maximum Gasteiger partial charge on any atom is 0.256 e. The Bertz CT molecular complexity index is 881. The van der Waals surface area contributed by atoms with Crippen molar-refractivity contribution < 1.29 is 14.3 Å². The van der Waals surface area contributed by atoms with E-state index in [4.69, 9.17) is 0 Å². The van der Waals surface area contributed by atoms with Crippen LogP contribution in [0.25, 0.3) is 0 Å². The molecule has 3 heterocycles. The number of halogens is 3. The van der Waals surface area contributed by atoms with Crippen molar-refractivity contribution in [2.45, 2.75) is 38.2 Å². The zero-order valence-corrected chi connectivity index (χ0v) is 19.3. The van der Waals surface area contributed by atoms with Gasteiger partial charge in [0.05, 0.1) is 11.3 Å². The summed E-state index contributed by atoms with van der Waals surface area (Å²) in [5.74, 6) is -0.243. The van der Waals surface area contributed by atoms with Crippen molar-refractivity contribution in [1.82, 2.24) is 15.2 Å². The van der Waals surface area contributed by atoms with Gasteiger partial charge in [0.2, 0.25) is 0 Å². The summed E-state index contributed by atoms with van der Waals surface area (Å²) in [7, 11) is 0. The third-order valence-electron chi connectivity index (χ3n) is 6.21. The van der Waals surface area contributed by atoms with E-state index in [2.05, 4.69) is 10.3 Å². The number of carbonyl (C=O) groups is 1. The minimum absolute atomic E-state index is 0. The lowest BCUT2D eigenvalue weighted by Crippen LogP contribution is -2.45. The van der Waals surface area contributed by atoms with Gasteiger partial charge in [-0.3, -0.25) is 9.78 Å². The third-order valence-corrected chi connectivity index (χ3v) is 6.21. The van der Waals surface area contributed by atoms with Crippen molar-refractivity contribution in [3.63, 3.8) is 0 Å². The molecular weight excluding hydrogens is 440 g/mol. The molecular formula is C23H30Cl2FN3O2. The van der Waals surface area contributed by atoms with Gasteiger partial charge in [-0.15, -0.1) is 24.8 Å². The van der Waals surface area contributed by atoms with Gasteiger partial charge >= 0.3 is 0 Å². The molecule has 1 amide bonds. The number of aliphatic hydroxyl groups is 1. The third kappa shape index (κ3) is 5.75. The summed E-state index contributed by atoms with van der Waals surface area (Å²) >= 11 is 0. The van der Waals surface area contributed by atoms with Crippen LogP contribution in [-0.4, -0.2) is 47.1 Å². The van der Waals surface area contributed by atoms with Crippen LogP contribution < -0.4 is 5.32 Å². The summed E-state index contributed by atoms with van der Waals surface area (Å²) in [4.78, 5) is 19.0. The second kappa shape index (κ2) is 10.7. The molecule has 1 aromatic heterocycles. The lowest BCUT2D eigenvalue weighted by Gasteiger charge is -2.38. The van der Waals surface area contributed by atoms with E-state index in [0.717, 1.165) is 37.1 Å². The van der Waals surface area contributed by atoms with Gasteiger partial charge in [-0.05, 0) is 80.9 Å². The Hall–Kier alpha value is -1.73. The Kier molecular flexibility index (Phi) is 8.83. The van der Waals surface area contributed by atoms with Gasteiger partial charge in [0, 0.05) is 19.3 Å². The molecule has 1 aromatic carbocycles. The molecule has 0 bridgehead atoms. The quantitative estimate of drug-likeness (QED) is 0.716. The maximum absolute atomic E-state index is 14.4. The minimum atomic E-state index is -1.04. The van der Waals surface area contributed by atoms with E-state index in [1.807, 2.05) is 19.1 Å². The number of pyridine rings is 1. The van der Waals surface area contributed by atoms with E-state index in [1.54, 1.807) is 23.2 Å². The zero-order chi connectivity index (χ0) is 20.4. The largest absolute Gasteiger partial charge is 0.383 e. The smallest absolute Gasteiger partial charge is 0.256 e. The summed E-state index contributed by atoms with van der Waals surface area (Å²) in [6.45, 7) is 4.69. The molecule has 2 aliphatic heterocycles. The second-order valence-corrected chi connectivity index (χ2v) is 8.42. The fraction of sp³-hybridized carbons (Fsp3) is 0.478. The molecule has 5 nitrogen and oxygen atoms in total. The number of hydrogen-bond acceptors (Lipinski definition) is 4. The van der Waals surface area contributed by atoms with Gasteiger partial charge < -0.3 is 15.3 Å². The first kappa shape index (κ1) is 25.5. The molecule has 2 fully saturated rings. The average molecular weight is 470 g/mol. The molecule has 31 heavy (non-hydrogen) atoms. The van der Waals surface area contributed by atoms with Crippen LogP contribution in [-0.2, 0) is 12.0 Å². The molecule has 2 aromatic rings. The fourth-order valence-electron chi connectivity index (χ4n) is 4.33. The highest BCUT2D eigenvalue weighted by atomic mass is 35.5. The Balaban J connectivity index is 0.00000171. The van der Waals surface area contributed by atoms with Crippen LogP contribution in [0.3, 0.4) is 0 Å². The Morgan fingerprint density at radius 2 is 2.00 bits per heavy atom. The first-order valence-corrected chi connectivity index (χ1v) is 10.4. The van der Waals surface area contributed by atoms with Gasteiger partial charge in [0.1, 0.15) is 11.4 Å². The minimum Gasteiger partial charge on any atom is -0.383 e. The van der Waals surface area contributed by atoms with Crippen LogP contribution in [0.2, 0.25) is 0 Å². The number of piperidine rings is 1. The molecule has 4 rings (SSSR count). The second-order valence-electron chi connectivity index (χ2n) is 8.42. The lowest BCUT2D eigenvalue weighted by molar-refractivity contribution is -0.0245. The van der Waals surface area contributed by atoms with Crippen molar-refractivity contribution in [2.24, 2.45) is 5.92 Å². The van der Waals surface area contributed by atoms with Crippen molar-refractivity contribution in [2.75, 3.05) is 26.2 Å². The predicted molar refractivity (Wildman–Crippen MR) is 124 cm³/mol. The van der Waals surface area contributed by atoms with E-state index in [1.165, 1.54) is 6.07 Å². The van der Waals surface area contributed by atoms with E-state index >= 15 is 0 Å². The molecule has 2 aliphatic rings. The first-order chi connectivity index (χ1) is 13.9. The molecule has 2 N–H and O–H groups in total. The van der Waals surface area contributed by atoms with Crippen LogP contribution in [0.15, 0.2) is 36.5 Å². The number of amides is 1.